The molecule has 2 aliphatic rings. The van der Waals surface area contributed by atoms with E-state index in [0.29, 0.717) is 19.5 Å². The van der Waals surface area contributed by atoms with Crippen molar-refractivity contribution in [3.8, 4) is 0 Å². The summed E-state index contributed by atoms with van der Waals surface area (Å²) in [5.74, 6) is 0. The fraction of sp³-hybridized carbons (Fsp3) is 0.391. The molecule has 0 unspecified atom stereocenters. The van der Waals surface area contributed by atoms with E-state index in [4.69, 9.17) is 4.74 Å². The van der Waals surface area contributed by atoms with Crippen LogP contribution in [0.5, 0.6) is 0 Å². The molecular weight excluding hydrogens is 444 g/mol. The van der Waals surface area contributed by atoms with Crippen LogP contribution in [-0.4, -0.2) is 76.1 Å². The second-order valence-electron chi connectivity index (χ2n) is 8.02. The first-order valence-electron chi connectivity index (χ1n) is 11.0. The standard InChI is InChI=1S/C23H28N4O5S/c1-32-23(29)25-13-15-26(16-14-25)33(30,31)20-7-8-21-19(17-20)10-12-27(21)22(28)24-11-9-18-5-3-2-4-6-18/h2-8,17H,9-16H2,1H3,(H,24,28). The lowest BCUT2D eigenvalue weighted by Gasteiger charge is -2.33. The zero-order chi connectivity index (χ0) is 23.4. The molecule has 1 saturated heterocycles. The van der Waals surface area contributed by atoms with Crippen molar-refractivity contribution in [2.24, 2.45) is 0 Å². The average molecular weight is 473 g/mol. The number of nitrogens with one attached hydrogen (secondary N) is 1. The molecule has 0 spiro atoms. The minimum atomic E-state index is -3.69. The van der Waals surface area contributed by atoms with Crippen molar-refractivity contribution in [2.45, 2.75) is 17.7 Å². The molecule has 2 heterocycles. The Balaban J connectivity index is 1.38. The van der Waals surface area contributed by atoms with Gasteiger partial charge in [0.15, 0.2) is 0 Å². The molecule has 2 aromatic rings. The number of carbonyl (C=O) groups excluding carboxylic acids is 2. The Hall–Kier alpha value is -3.11. The summed E-state index contributed by atoms with van der Waals surface area (Å²) in [6, 6.07) is 14.7. The summed E-state index contributed by atoms with van der Waals surface area (Å²) in [4.78, 5) is 27.7. The lowest BCUT2D eigenvalue weighted by molar-refractivity contribution is 0.108. The highest BCUT2D eigenvalue weighted by Crippen LogP contribution is 2.31. The van der Waals surface area contributed by atoms with E-state index in [1.54, 1.807) is 23.1 Å². The first kappa shape index (κ1) is 23.1. The van der Waals surface area contributed by atoms with Crippen molar-refractivity contribution in [1.29, 1.82) is 0 Å². The number of methoxy groups -OCH3 is 1. The van der Waals surface area contributed by atoms with Crippen LogP contribution in [0.3, 0.4) is 0 Å². The quantitative estimate of drug-likeness (QED) is 0.718. The molecule has 0 saturated carbocycles. The van der Waals surface area contributed by atoms with Crippen molar-refractivity contribution in [1.82, 2.24) is 14.5 Å². The van der Waals surface area contributed by atoms with Gasteiger partial charge in [-0.2, -0.15) is 4.31 Å². The number of piperazine rings is 1. The Morgan fingerprint density at radius 2 is 1.73 bits per heavy atom. The van der Waals surface area contributed by atoms with Crippen LogP contribution >= 0.6 is 0 Å². The maximum Gasteiger partial charge on any atom is 0.409 e. The van der Waals surface area contributed by atoms with Gasteiger partial charge in [-0.05, 0) is 42.2 Å². The van der Waals surface area contributed by atoms with Crippen molar-refractivity contribution in [2.75, 3.05) is 51.3 Å². The van der Waals surface area contributed by atoms with E-state index in [0.717, 1.165) is 23.2 Å². The van der Waals surface area contributed by atoms with Crippen LogP contribution < -0.4 is 10.2 Å². The van der Waals surface area contributed by atoms with Gasteiger partial charge in [-0.1, -0.05) is 30.3 Å². The molecule has 0 radical (unpaired) electrons. The Morgan fingerprint density at radius 1 is 1.00 bits per heavy atom. The summed E-state index contributed by atoms with van der Waals surface area (Å²) in [5.41, 5.74) is 2.73. The Bertz CT molecular complexity index is 1110. The maximum absolute atomic E-state index is 13.1. The third-order valence-corrected chi connectivity index (χ3v) is 7.93. The van der Waals surface area contributed by atoms with Crippen molar-refractivity contribution < 1.29 is 22.7 Å². The van der Waals surface area contributed by atoms with Crippen LogP contribution in [0.4, 0.5) is 15.3 Å². The van der Waals surface area contributed by atoms with Gasteiger partial charge in [0, 0.05) is 45.0 Å². The van der Waals surface area contributed by atoms with E-state index in [-0.39, 0.29) is 37.1 Å². The first-order valence-corrected chi connectivity index (χ1v) is 12.4. The van der Waals surface area contributed by atoms with Gasteiger partial charge in [-0.15, -0.1) is 0 Å². The van der Waals surface area contributed by atoms with Gasteiger partial charge < -0.3 is 15.0 Å². The van der Waals surface area contributed by atoms with Gasteiger partial charge in [-0.3, -0.25) is 4.90 Å². The molecular formula is C23H28N4O5S. The number of hydrogen-bond acceptors (Lipinski definition) is 5. The zero-order valence-corrected chi connectivity index (χ0v) is 19.4. The van der Waals surface area contributed by atoms with Crippen molar-refractivity contribution in [3.05, 3.63) is 59.7 Å². The molecule has 0 aliphatic carbocycles. The lowest BCUT2D eigenvalue weighted by Crippen LogP contribution is -2.50. The number of hydrogen-bond donors (Lipinski definition) is 1. The number of rotatable bonds is 5. The molecule has 0 aromatic heterocycles. The number of anilines is 1. The molecule has 1 fully saturated rings. The van der Waals surface area contributed by atoms with Crippen LogP contribution in [0.2, 0.25) is 0 Å². The number of amides is 3. The van der Waals surface area contributed by atoms with Gasteiger partial charge in [-0.25, -0.2) is 18.0 Å². The number of urea groups is 1. The second-order valence-corrected chi connectivity index (χ2v) is 9.96. The second kappa shape index (κ2) is 9.80. The van der Waals surface area contributed by atoms with Crippen LogP contribution in [0, 0.1) is 0 Å². The number of fused-ring (bicyclic) bond motifs is 1. The predicted octanol–water partition coefficient (Wildman–Crippen LogP) is 2.07. The molecule has 10 heteroatoms. The Kier molecular flexibility index (Phi) is 6.85. The number of carbonyl (C=O) groups is 2. The number of sulfonamides is 1. The SMILES string of the molecule is COC(=O)N1CCN(S(=O)(=O)c2ccc3c(c2)CCN3C(=O)NCCc2ccccc2)CC1. The van der Waals surface area contributed by atoms with Crippen LogP contribution in [0.15, 0.2) is 53.4 Å². The topological polar surface area (TPSA) is 99.3 Å². The predicted molar refractivity (Wildman–Crippen MR) is 124 cm³/mol. The van der Waals surface area contributed by atoms with E-state index >= 15 is 0 Å². The highest BCUT2D eigenvalue weighted by Gasteiger charge is 2.32. The van der Waals surface area contributed by atoms with Gasteiger partial charge in [0.25, 0.3) is 0 Å². The fourth-order valence-electron chi connectivity index (χ4n) is 4.19. The summed E-state index contributed by atoms with van der Waals surface area (Å²) in [6.07, 6.45) is 0.890. The highest BCUT2D eigenvalue weighted by atomic mass is 32.2. The molecule has 3 amide bonds. The van der Waals surface area contributed by atoms with Gasteiger partial charge in [0.05, 0.1) is 12.0 Å². The molecule has 0 atom stereocenters. The zero-order valence-electron chi connectivity index (χ0n) is 18.6. The molecule has 2 aromatic carbocycles. The van der Waals surface area contributed by atoms with Crippen LogP contribution in [-0.2, 0) is 27.6 Å². The summed E-state index contributed by atoms with van der Waals surface area (Å²) in [7, 11) is -2.38. The molecule has 0 bridgehead atoms. The van der Waals surface area contributed by atoms with Gasteiger partial charge in [0.2, 0.25) is 10.0 Å². The molecule has 33 heavy (non-hydrogen) atoms. The first-order chi connectivity index (χ1) is 15.9. The summed E-state index contributed by atoms with van der Waals surface area (Å²) >= 11 is 0. The lowest BCUT2D eigenvalue weighted by atomic mass is 10.1. The largest absolute Gasteiger partial charge is 0.453 e. The average Bonchev–Trinajstić information content (AvgIpc) is 3.28. The highest BCUT2D eigenvalue weighted by molar-refractivity contribution is 7.89. The molecule has 1 N–H and O–H groups in total. The number of ether oxygens (including phenoxy) is 1. The third-order valence-electron chi connectivity index (χ3n) is 6.03. The number of nitrogens with zero attached hydrogens (tertiary/aromatic N) is 3. The van der Waals surface area contributed by atoms with Gasteiger partial charge in [0.1, 0.15) is 0 Å². The molecule has 9 nitrogen and oxygen atoms in total. The molecule has 4 rings (SSSR count). The summed E-state index contributed by atoms with van der Waals surface area (Å²) in [6.45, 7) is 2.03. The molecule has 2 aliphatic heterocycles. The normalized spacial score (nSPS) is 16.4. The minimum absolute atomic E-state index is 0.181. The molecule has 176 valence electrons. The van der Waals surface area contributed by atoms with E-state index < -0.39 is 16.1 Å². The minimum Gasteiger partial charge on any atom is -0.453 e. The maximum atomic E-state index is 13.1. The van der Waals surface area contributed by atoms with Gasteiger partial charge >= 0.3 is 12.1 Å². The summed E-state index contributed by atoms with van der Waals surface area (Å²) in [5, 5.41) is 2.95. The van der Waals surface area contributed by atoms with E-state index in [9.17, 15) is 18.0 Å². The van der Waals surface area contributed by atoms with Crippen LogP contribution in [0.25, 0.3) is 0 Å². The van der Waals surface area contributed by atoms with Crippen LogP contribution in [0.1, 0.15) is 11.1 Å². The fourth-order valence-corrected chi connectivity index (χ4v) is 5.67. The van der Waals surface area contributed by atoms with Crippen molar-refractivity contribution >= 4 is 27.8 Å². The number of benzene rings is 2. The monoisotopic (exact) mass is 472 g/mol. The van der Waals surface area contributed by atoms with E-state index in [2.05, 4.69) is 5.32 Å². The third kappa shape index (κ3) is 4.96. The Morgan fingerprint density at radius 3 is 2.42 bits per heavy atom. The smallest absolute Gasteiger partial charge is 0.409 e. The van der Waals surface area contributed by atoms with Crippen molar-refractivity contribution in [3.63, 3.8) is 0 Å². The Labute approximate surface area is 194 Å². The van der Waals surface area contributed by atoms with E-state index in [1.165, 1.54) is 16.3 Å². The summed E-state index contributed by atoms with van der Waals surface area (Å²) < 4.78 is 32.3. The van der Waals surface area contributed by atoms with E-state index in [1.807, 2.05) is 30.3 Å².